The zero-order chi connectivity index (χ0) is 20.1. The number of carbonyl (C=O) groups excluding carboxylic acids is 2. The Hall–Kier alpha value is -2.59. The topological polar surface area (TPSA) is 76.4 Å². The molecule has 2 saturated heterocycles. The molecule has 3 amide bonds. The SMILES string of the molecule is CN1C(=O)N(c2cc(Cl)cc(Cl)c2)C(=O)C12CNC[C@@H]2c1ccc(C#N)cc1. The number of anilines is 1. The Morgan fingerprint density at radius 1 is 1.14 bits per heavy atom. The predicted molar refractivity (Wildman–Crippen MR) is 107 cm³/mol. The third-order valence-corrected chi connectivity index (χ3v) is 5.95. The summed E-state index contributed by atoms with van der Waals surface area (Å²) in [6, 6.07) is 13.4. The van der Waals surface area contributed by atoms with Crippen LogP contribution in [0.25, 0.3) is 0 Å². The monoisotopic (exact) mass is 414 g/mol. The van der Waals surface area contributed by atoms with Crippen LogP contribution in [0.3, 0.4) is 0 Å². The number of nitrogens with one attached hydrogen (secondary N) is 1. The van der Waals surface area contributed by atoms with Crippen LogP contribution in [0.2, 0.25) is 10.0 Å². The molecule has 0 saturated carbocycles. The second-order valence-electron chi connectivity index (χ2n) is 6.95. The number of halogens is 2. The lowest BCUT2D eigenvalue weighted by atomic mass is 9.80. The van der Waals surface area contributed by atoms with Crippen molar-refractivity contribution in [3.63, 3.8) is 0 Å². The highest BCUT2D eigenvalue weighted by atomic mass is 35.5. The number of benzene rings is 2. The van der Waals surface area contributed by atoms with Crippen LogP contribution < -0.4 is 10.2 Å². The van der Waals surface area contributed by atoms with Gasteiger partial charge in [-0.25, -0.2) is 9.69 Å². The van der Waals surface area contributed by atoms with Crippen molar-refractivity contribution in [3.8, 4) is 6.07 Å². The van der Waals surface area contributed by atoms with Crippen LogP contribution in [0.1, 0.15) is 17.0 Å². The number of nitrogens with zero attached hydrogens (tertiary/aromatic N) is 3. The van der Waals surface area contributed by atoms with Gasteiger partial charge >= 0.3 is 6.03 Å². The van der Waals surface area contributed by atoms with Gasteiger partial charge in [0.2, 0.25) is 0 Å². The van der Waals surface area contributed by atoms with Crippen molar-refractivity contribution < 1.29 is 9.59 Å². The maximum Gasteiger partial charge on any atom is 0.332 e. The third kappa shape index (κ3) is 2.67. The summed E-state index contributed by atoms with van der Waals surface area (Å²) in [5, 5.41) is 13.0. The molecule has 6 nitrogen and oxygen atoms in total. The summed E-state index contributed by atoms with van der Waals surface area (Å²) in [6.45, 7) is 0.878. The fraction of sp³-hybridized carbons (Fsp3) is 0.250. The minimum atomic E-state index is -1.06. The zero-order valence-electron chi connectivity index (χ0n) is 14.9. The van der Waals surface area contributed by atoms with E-state index < -0.39 is 11.6 Å². The Morgan fingerprint density at radius 2 is 1.79 bits per heavy atom. The van der Waals surface area contributed by atoms with Gasteiger partial charge in [-0.2, -0.15) is 5.26 Å². The largest absolute Gasteiger partial charge is 0.332 e. The Labute approximate surface area is 172 Å². The molecule has 1 N–H and O–H groups in total. The maximum absolute atomic E-state index is 13.6. The molecule has 142 valence electrons. The number of imide groups is 1. The van der Waals surface area contributed by atoms with E-state index in [0.29, 0.717) is 34.4 Å². The summed E-state index contributed by atoms with van der Waals surface area (Å²) in [4.78, 5) is 29.2. The van der Waals surface area contributed by atoms with Crippen molar-refractivity contribution in [2.24, 2.45) is 0 Å². The Bertz CT molecular complexity index is 998. The number of hydrogen-bond acceptors (Lipinski definition) is 4. The Morgan fingerprint density at radius 3 is 2.39 bits per heavy atom. The van der Waals surface area contributed by atoms with Crippen molar-refractivity contribution in [1.82, 2.24) is 10.2 Å². The molecule has 2 aliphatic heterocycles. The Kier molecular flexibility index (Phi) is 4.54. The average Bonchev–Trinajstić information content (AvgIpc) is 3.19. The van der Waals surface area contributed by atoms with Gasteiger partial charge in [0.1, 0.15) is 5.54 Å². The van der Waals surface area contributed by atoms with Crippen molar-refractivity contribution in [2.75, 3.05) is 25.0 Å². The summed E-state index contributed by atoms with van der Waals surface area (Å²) in [6.07, 6.45) is 0. The normalized spacial score (nSPS) is 24.3. The summed E-state index contributed by atoms with van der Waals surface area (Å²) in [5.41, 5.74) is 0.728. The molecule has 2 aromatic carbocycles. The van der Waals surface area contributed by atoms with E-state index >= 15 is 0 Å². The highest BCUT2D eigenvalue weighted by Gasteiger charge is 2.62. The molecule has 0 radical (unpaired) electrons. The number of rotatable bonds is 2. The van der Waals surface area contributed by atoms with Crippen molar-refractivity contribution in [2.45, 2.75) is 11.5 Å². The molecular formula is C20H16Cl2N4O2. The molecule has 4 rings (SSSR count). The van der Waals surface area contributed by atoms with E-state index in [1.54, 1.807) is 37.4 Å². The van der Waals surface area contributed by atoms with Gasteiger partial charge in [-0.15, -0.1) is 0 Å². The van der Waals surface area contributed by atoms with Gasteiger partial charge in [0.05, 0.1) is 17.3 Å². The molecule has 2 atom stereocenters. The van der Waals surface area contributed by atoms with Gasteiger partial charge in [0, 0.05) is 36.1 Å². The van der Waals surface area contributed by atoms with Crippen LogP contribution in [0.5, 0.6) is 0 Å². The van der Waals surface area contributed by atoms with E-state index in [-0.39, 0.29) is 11.8 Å². The van der Waals surface area contributed by atoms with Gasteiger partial charge in [-0.05, 0) is 35.9 Å². The molecule has 2 aromatic rings. The number of hydrogen-bond donors (Lipinski definition) is 1. The highest BCUT2D eigenvalue weighted by molar-refractivity contribution is 6.35. The molecule has 1 spiro atoms. The third-order valence-electron chi connectivity index (χ3n) is 5.52. The first-order chi connectivity index (χ1) is 13.4. The van der Waals surface area contributed by atoms with Crippen LogP contribution in [-0.2, 0) is 4.79 Å². The van der Waals surface area contributed by atoms with Crippen molar-refractivity contribution >= 4 is 40.8 Å². The summed E-state index contributed by atoms with van der Waals surface area (Å²) in [7, 11) is 1.63. The molecule has 0 aromatic heterocycles. The minimum absolute atomic E-state index is 0.249. The van der Waals surface area contributed by atoms with Crippen LogP contribution >= 0.6 is 23.2 Å². The van der Waals surface area contributed by atoms with E-state index in [1.165, 1.54) is 4.90 Å². The zero-order valence-corrected chi connectivity index (χ0v) is 16.5. The summed E-state index contributed by atoms with van der Waals surface area (Å²) < 4.78 is 0. The number of likely N-dealkylation sites (N-methyl/N-ethyl adjacent to an activating group) is 1. The standard InChI is InChI=1S/C20H16Cl2N4O2/c1-25-19(28)26(16-7-14(21)6-15(22)8-16)18(27)20(25)11-24-10-17(20)13-4-2-12(9-23)3-5-13/h2-8,17,24H,10-11H2,1H3/t17-,20?/m1/s1. The van der Waals surface area contributed by atoms with Gasteiger partial charge in [0.15, 0.2) is 0 Å². The van der Waals surface area contributed by atoms with Gasteiger partial charge in [-0.3, -0.25) is 4.79 Å². The van der Waals surface area contributed by atoms with E-state index in [9.17, 15) is 9.59 Å². The average molecular weight is 415 g/mol. The number of amides is 3. The van der Waals surface area contributed by atoms with Crippen LogP contribution in [-0.4, -0.2) is 42.5 Å². The summed E-state index contributed by atoms with van der Waals surface area (Å²) >= 11 is 12.2. The predicted octanol–water partition coefficient (Wildman–Crippen LogP) is 3.39. The van der Waals surface area contributed by atoms with Crippen molar-refractivity contribution in [3.05, 3.63) is 63.6 Å². The smallest absolute Gasteiger partial charge is 0.313 e. The molecule has 2 aliphatic rings. The number of nitriles is 1. The molecular weight excluding hydrogens is 399 g/mol. The fourth-order valence-corrected chi connectivity index (χ4v) is 4.61. The van der Waals surface area contributed by atoms with Crippen LogP contribution in [0, 0.1) is 11.3 Å². The molecule has 2 fully saturated rings. The lowest BCUT2D eigenvalue weighted by Gasteiger charge is -2.33. The maximum atomic E-state index is 13.6. The van der Waals surface area contributed by atoms with E-state index in [2.05, 4.69) is 11.4 Å². The van der Waals surface area contributed by atoms with Crippen molar-refractivity contribution in [1.29, 1.82) is 5.26 Å². The molecule has 28 heavy (non-hydrogen) atoms. The first-order valence-corrected chi connectivity index (χ1v) is 9.43. The lowest BCUT2D eigenvalue weighted by Crippen LogP contribution is -2.53. The van der Waals surface area contributed by atoms with E-state index in [1.807, 2.05) is 12.1 Å². The van der Waals surface area contributed by atoms with Crippen LogP contribution in [0.4, 0.5) is 10.5 Å². The molecule has 2 heterocycles. The Balaban J connectivity index is 1.78. The molecule has 0 aliphatic carbocycles. The first-order valence-electron chi connectivity index (χ1n) is 8.67. The molecule has 1 unspecified atom stereocenters. The fourth-order valence-electron chi connectivity index (χ4n) is 4.10. The highest BCUT2D eigenvalue weighted by Crippen LogP contribution is 2.44. The quantitative estimate of drug-likeness (QED) is 0.763. The summed E-state index contributed by atoms with van der Waals surface area (Å²) in [5.74, 6) is -0.570. The number of carbonyl (C=O) groups is 2. The van der Waals surface area contributed by atoms with E-state index in [0.717, 1.165) is 10.5 Å². The molecule has 0 bridgehead atoms. The lowest BCUT2D eigenvalue weighted by molar-refractivity contribution is -0.124. The first kappa shape index (κ1) is 18.8. The number of urea groups is 1. The van der Waals surface area contributed by atoms with Gasteiger partial charge in [-0.1, -0.05) is 35.3 Å². The molecule has 8 heteroatoms. The van der Waals surface area contributed by atoms with E-state index in [4.69, 9.17) is 28.5 Å². The second-order valence-corrected chi connectivity index (χ2v) is 7.82. The van der Waals surface area contributed by atoms with Crippen LogP contribution in [0.15, 0.2) is 42.5 Å². The van der Waals surface area contributed by atoms with Gasteiger partial charge in [0.25, 0.3) is 5.91 Å². The van der Waals surface area contributed by atoms with Gasteiger partial charge < -0.3 is 10.2 Å². The minimum Gasteiger partial charge on any atom is -0.313 e. The second kappa shape index (κ2) is 6.78.